The maximum Gasteiger partial charge on any atom is 0.254 e. The molecule has 2 aliphatic rings. The summed E-state index contributed by atoms with van der Waals surface area (Å²) in [4.78, 5) is 27.5. The summed E-state index contributed by atoms with van der Waals surface area (Å²) < 4.78 is 10.7. The minimum atomic E-state index is -0.898. The molecule has 1 saturated carbocycles. The van der Waals surface area contributed by atoms with Gasteiger partial charge in [-0.3, -0.25) is 9.59 Å². The lowest BCUT2D eigenvalue weighted by atomic mass is 9.91. The second-order valence-corrected chi connectivity index (χ2v) is 7.37. The predicted molar refractivity (Wildman–Crippen MR) is 98.4 cm³/mol. The van der Waals surface area contributed by atoms with Crippen LogP contribution in [0.4, 0.5) is 0 Å². The summed E-state index contributed by atoms with van der Waals surface area (Å²) in [6.45, 7) is 3.93. The molecular weight excluding hydrogens is 332 g/mol. The van der Waals surface area contributed by atoms with E-state index < -0.39 is 5.54 Å². The van der Waals surface area contributed by atoms with Crippen molar-refractivity contribution in [3.63, 3.8) is 0 Å². The topological polar surface area (TPSA) is 67.9 Å². The second-order valence-electron chi connectivity index (χ2n) is 7.37. The van der Waals surface area contributed by atoms with Gasteiger partial charge in [-0.25, -0.2) is 0 Å². The molecule has 142 valence electrons. The van der Waals surface area contributed by atoms with Crippen LogP contribution in [-0.4, -0.2) is 42.1 Å². The summed E-state index contributed by atoms with van der Waals surface area (Å²) in [6.07, 6.45) is 6.12. The maximum atomic E-state index is 13.0. The number of fused-ring (bicyclic) bond motifs is 1. The van der Waals surface area contributed by atoms with Crippen LogP contribution in [0.1, 0.15) is 62.7 Å². The van der Waals surface area contributed by atoms with E-state index in [9.17, 15) is 9.59 Å². The van der Waals surface area contributed by atoms with E-state index in [1.165, 1.54) is 6.42 Å². The molecule has 26 heavy (non-hydrogen) atoms. The number of carbonyl (C=O) groups is 2. The van der Waals surface area contributed by atoms with Gasteiger partial charge in [-0.15, -0.1) is 0 Å². The molecule has 1 fully saturated rings. The first kappa shape index (κ1) is 18.5. The van der Waals surface area contributed by atoms with Gasteiger partial charge in [-0.2, -0.15) is 0 Å². The first-order valence-corrected chi connectivity index (χ1v) is 9.44. The zero-order chi connectivity index (χ0) is 18.7. The van der Waals surface area contributed by atoms with Crippen molar-refractivity contribution in [2.75, 3.05) is 13.8 Å². The highest BCUT2D eigenvalue weighted by atomic mass is 16.7. The van der Waals surface area contributed by atoms with Gasteiger partial charge < -0.3 is 19.7 Å². The van der Waals surface area contributed by atoms with E-state index in [4.69, 9.17) is 9.47 Å². The van der Waals surface area contributed by atoms with Crippen molar-refractivity contribution >= 4 is 11.8 Å². The summed E-state index contributed by atoms with van der Waals surface area (Å²) in [5.41, 5.74) is -0.410. The Hall–Kier alpha value is -2.24. The number of rotatable bonds is 5. The van der Waals surface area contributed by atoms with Crippen LogP contribution in [0.3, 0.4) is 0 Å². The quantitative estimate of drug-likeness (QED) is 0.876. The Morgan fingerprint density at radius 3 is 2.58 bits per heavy atom. The number of hydrogen-bond acceptors (Lipinski definition) is 4. The van der Waals surface area contributed by atoms with Crippen molar-refractivity contribution in [3.05, 3.63) is 23.8 Å². The highest BCUT2D eigenvalue weighted by Crippen LogP contribution is 2.33. The van der Waals surface area contributed by atoms with Gasteiger partial charge in [0.15, 0.2) is 11.5 Å². The molecule has 0 aromatic heterocycles. The van der Waals surface area contributed by atoms with Crippen LogP contribution in [0.25, 0.3) is 0 Å². The number of nitrogens with zero attached hydrogens (tertiary/aromatic N) is 1. The average molecular weight is 360 g/mol. The van der Waals surface area contributed by atoms with Crippen LogP contribution in [-0.2, 0) is 4.79 Å². The monoisotopic (exact) mass is 360 g/mol. The normalized spacial score (nSPS) is 18.9. The van der Waals surface area contributed by atoms with E-state index in [1.807, 2.05) is 13.8 Å². The fraction of sp³-hybridized carbons (Fsp3) is 0.600. The van der Waals surface area contributed by atoms with Gasteiger partial charge >= 0.3 is 0 Å². The number of ether oxygens (including phenoxy) is 2. The Morgan fingerprint density at radius 2 is 1.88 bits per heavy atom. The van der Waals surface area contributed by atoms with Crippen LogP contribution in [0, 0.1) is 0 Å². The molecule has 1 unspecified atom stereocenters. The molecule has 1 heterocycles. The van der Waals surface area contributed by atoms with Crippen molar-refractivity contribution in [2.45, 2.75) is 64.0 Å². The zero-order valence-electron chi connectivity index (χ0n) is 15.8. The molecule has 3 rings (SSSR count). The second kappa shape index (κ2) is 7.56. The van der Waals surface area contributed by atoms with E-state index >= 15 is 0 Å². The Morgan fingerprint density at radius 1 is 1.19 bits per heavy atom. The molecule has 2 amide bonds. The third-order valence-corrected chi connectivity index (χ3v) is 5.78. The Labute approximate surface area is 154 Å². The first-order chi connectivity index (χ1) is 12.5. The minimum Gasteiger partial charge on any atom is -0.454 e. The van der Waals surface area contributed by atoms with Gasteiger partial charge in [0.05, 0.1) is 0 Å². The molecule has 1 aliphatic heterocycles. The Balaban J connectivity index is 1.74. The molecule has 0 saturated heterocycles. The molecule has 1 N–H and O–H groups in total. The predicted octanol–water partition coefficient (Wildman–Crippen LogP) is 3.10. The van der Waals surface area contributed by atoms with E-state index in [-0.39, 0.29) is 24.6 Å². The summed E-state index contributed by atoms with van der Waals surface area (Å²) in [6, 6.07) is 5.34. The third kappa shape index (κ3) is 3.50. The molecular formula is C20H28N2O4. The van der Waals surface area contributed by atoms with Gasteiger partial charge in [0.25, 0.3) is 5.91 Å². The van der Waals surface area contributed by atoms with Crippen molar-refractivity contribution in [2.24, 2.45) is 0 Å². The summed E-state index contributed by atoms with van der Waals surface area (Å²) in [5.74, 6) is 0.918. The summed E-state index contributed by atoms with van der Waals surface area (Å²) >= 11 is 0. The SMILES string of the molecule is CCC(C)(C(=O)NC1CCCCC1)N(C)C(=O)c1ccc2c(c1)OCO2. The number of amides is 2. The summed E-state index contributed by atoms with van der Waals surface area (Å²) in [7, 11) is 1.69. The fourth-order valence-corrected chi connectivity index (χ4v) is 3.59. The number of benzene rings is 1. The summed E-state index contributed by atoms with van der Waals surface area (Å²) in [5, 5.41) is 3.16. The van der Waals surface area contributed by atoms with E-state index in [0.29, 0.717) is 23.5 Å². The fourth-order valence-electron chi connectivity index (χ4n) is 3.59. The van der Waals surface area contributed by atoms with Crippen LogP contribution in [0.15, 0.2) is 18.2 Å². The standard InChI is InChI=1S/C20H28N2O4/c1-4-20(2,19(24)21-15-8-6-5-7-9-15)22(3)18(23)14-10-11-16-17(12-14)26-13-25-16/h10-12,15H,4-9,13H2,1-3H3,(H,21,24). The lowest BCUT2D eigenvalue weighted by molar-refractivity contribution is -0.131. The number of carbonyl (C=O) groups excluding carboxylic acids is 2. The highest BCUT2D eigenvalue weighted by Gasteiger charge is 2.39. The maximum absolute atomic E-state index is 13.0. The van der Waals surface area contributed by atoms with Gasteiger partial charge in [-0.1, -0.05) is 26.2 Å². The molecule has 6 heteroatoms. The molecule has 0 radical (unpaired) electrons. The van der Waals surface area contributed by atoms with Gasteiger partial charge in [0.2, 0.25) is 12.7 Å². The number of nitrogens with one attached hydrogen (secondary N) is 1. The number of hydrogen-bond donors (Lipinski definition) is 1. The zero-order valence-corrected chi connectivity index (χ0v) is 15.8. The molecule has 1 aromatic carbocycles. The molecule has 6 nitrogen and oxygen atoms in total. The van der Waals surface area contributed by atoms with Crippen LogP contribution in [0.2, 0.25) is 0 Å². The van der Waals surface area contributed by atoms with Crippen molar-refractivity contribution < 1.29 is 19.1 Å². The average Bonchev–Trinajstić information content (AvgIpc) is 3.14. The van der Waals surface area contributed by atoms with Crippen LogP contribution < -0.4 is 14.8 Å². The van der Waals surface area contributed by atoms with Gasteiger partial charge in [0.1, 0.15) is 5.54 Å². The van der Waals surface area contributed by atoms with Gasteiger partial charge in [0, 0.05) is 18.7 Å². The number of likely N-dealkylation sites (N-methyl/N-ethyl adjacent to an activating group) is 1. The smallest absolute Gasteiger partial charge is 0.254 e. The largest absolute Gasteiger partial charge is 0.454 e. The molecule has 1 aromatic rings. The van der Waals surface area contributed by atoms with Crippen LogP contribution >= 0.6 is 0 Å². The Bertz CT molecular complexity index is 684. The Kier molecular flexibility index (Phi) is 5.39. The van der Waals surface area contributed by atoms with Gasteiger partial charge in [-0.05, 0) is 44.4 Å². The highest BCUT2D eigenvalue weighted by molar-refractivity contribution is 5.99. The lowest BCUT2D eigenvalue weighted by Gasteiger charge is -2.38. The molecule has 1 atom stereocenters. The lowest BCUT2D eigenvalue weighted by Crippen LogP contribution is -2.58. The van der Waals surface area contributed by atoms with E-state index in [2.05, 4.69) is 5.32 Å². The molecule has 0 bridgehead atoms. The van der Waals surface area contributed by atoms with Crippen molar-refractivity contribution in [3.8, 4) is 11.5 Å². The van der Waals surface area contributed by atoms with E-state index in [1.54, 1.807) is 30.1 Å². The van der Waals surface area contributed by atoms with E-state index in [0.717, 1.165) is 25.7 Å². The van der Waals surface area contributed by atoms with Crippen molar-refractivity contribution in [1.29, 1.82) is 0 Å². The van der Waals surface area contributed by atoms with Crippen LogP contribution in [0.5, 0.6) is 11.5 Å². The molecule has 1 aliphatic carbocycles. The minimum absolute atomic E-state index is 0.0801. The first-order valence-electron chi connectivity index (χ1n) is 9.44. The third-order valence-electron chi connectivity index (χ3n) is 5.78. The molecule has 0 spiro atoms. The van der Waals surface area contributed by atoms with Crippen molar-refractivity contribution in [1.82, 2.24) is 10.2 Å².